The van der Waals surface area contributed by atoms with Crippen LogP contribution < -0.4 is 0 Å². The second-order valence-electron chi connectivity index (χ2n) is 17.4. The zero-order valence-electron chi connectivity index (χ0n) is 28.3. The molecule has 1 saturated heterocycles. The van der Waals surface area contributed by atoms with Gasteiger partial charge in [0.15, 0.2) is 6.29 Å². The molecule has 5 aliphatic carbocycles. The minimum absolute atomic E-state index is 0.0507. The van der Waals surface area contributed by atoms with Crippen molar-refractivity contribution in [2.75, 3.05) is 13.7 Å². The van der Waals surface area contributed by atoms with Gasteiger partial charge in [0.25, 0.3) is 0 Å². The van der Waals surface area contributed by atoms with E-state index in [0.29, 0.717) is 18.3 Å². The number of aliphatic hydroxyl groups is 4. The van der Waals surface area contributed by atoms with Crippen molar-refractivity contribution in [2.24, 2.45) is 50.7 Å². The van der Waals surface area contributed by atoms with E-state index in [1.165, 1.54) is 6.92 Å². The first-order valence-electron chi connectivity index (χ1n) is 17.2. The Bertz CT molecular complexity index is 1180. The lowest BCUT2D eigenvalue weighted by molar-refractivity contribution is -0.245. The standard InChI is InChI=1S/C36H58O8/c1-20(2)15-28(39)44-27-11-12-32(5)24-10-13-35-18-36(35,34(24,7)26(38)17-25(32)31(27,3)4)14-9-22(35)21-16-23(43-30(21)42-8)29(40)33(6,41)19-37/h15,21-27,29-30,37-38,40-41H,9-14,16-19H2,1-8H3. The average Bonchev–Trinajstić information content (AvgIpc) is 3.27. The van der Waals surface area contributed by atoms with Gasteiger partial charge in [0, 0.05) is 29.9 Å². The number of methoxy groups -OCH3 is 1. The highest BCUT2D eigenvalue weighted by Crippen LogP contribution is 2.91. The predicted molar refractivity (Wildman–Crippen MR) is 165 cm³/mol. The van der Waals surface area contributed by atoms with Crippen molar-refractivity contribution in [1.82, 2.24) is 0 Å². The van der Waals surface area contributed by atoms with Crippen LogP contribution in [0.3, 0.4) is 0 Å². The highest BCUT2D eigenvalue weighted by molar-refractivity contribution is 5.82. The van der Waals surface area contributed by atoms with Crippen molar-refractivity contribution < 1.29 is 39.4 Å². The SMILES string of the molecule is COC1OC(C(O)C(C)(O)CO)CC1C1CCC23CC12CCC1C2(C)CCC(OC(=O)C=C(C)C)C(C)(C)C2CC(O)C13C. The number of carbonyl (C=O) groups excluding carboxylic acids is 1. The molecule has 0 spiro atoms. The monoisotopic (exact) mass is 618 g/mol. The minimum Gasteiger partial charge on any atom is -0.459 e. The van der Waals surface area contributed by atoms with Gasteiger partial charge in [-0.1, -0.05) is 33.3 Å². The lowest BCUT2D eigenvalue weighted by Crippen LogP contribution is -2.66. The predicted octanol–water partition coefficient (Wildman–Crippen LogP) is 4.76. The first-order chi connectivity index (χ1) is 20.4. The molecule has 0 aromatic rings. The number of esters is 1. The first-order valence-corrected chi connectivity index (χ1v) is 17.2. The van der Waals surface area contributed by atoms with Gasteiger partial charge in [-0.05, 0) is 113 Å². The fraction of sp³-hybridized carbons (Fsp3) is 0.917. The number of carbonyl (C=O) groups is 1. The molecule has 5 saturated carbocycles. The Kier molecular flexibility index (Phi) is 7.84. The molecule has 1 heterocycles. The fourth-order valence-electron chi connectivity index (χ4n) is 12.9. The molecule has 6 fully saturated rings. The zero-order valence-corrected chi connectivity index (χ0v) is 28.3. The highest BCUT2D eigenvalue weighted by Gasteiger charge is 2.86. The summed E-state index contributed by atoms with van der Waals surface area (Å²) >= 11 is 0. The molecule has 8 nitrogen and oxygen atoms in total. The van der Waals surface area contributed by atoms with E-state index >= 15 is 0 Å². The topological polar surface area (TPSA) is 126 Å². The van der Waals surface area contributed by atoms with E-state index in [2.05, 4.69) is 27.7 Å². The van der Waals surface area contributed by atoms with Gasteiger partial charge in [-0.2, -0.15) is 0 Å². The Hall–Kier alpha value is -1.03. The van der Waals surface area contributed by atoms with Crippen LogP contribution in [0.4, 0.5) is 0 Å². The Labute approximate surface area is 263 Å². The molecule has 250 valence electrons. The third-order valence-electron chi connectivity index (χ3n) is 15.0. The van der Waals surface area contributed by atoms with Crippen molar-refractivity contribution in [2.45, 2.75) is 143 Å². The van der Waals surface area contributed by atoms with Crippen LogP contribution in [-0.4, -0.2) is 76.4 Å². The lowest BCUT2D eigenvalue weighted by Gasteiger charge is -2.68. The van der Waals surface area contributed by atoms with E-state index in [9.17, 15) is 25.2 Å². The summed E-state index contributed by atoms with van der Waals surface area (Å²) in [5, 5.41) is 43.5. The summed E-state index contributed by atoms with van der Waals surface area (Å²) in [5.41, 5.74) is -0.902. The molecule has 0 aromatic heterocycles. The van der Waals surface area contributed by atoms with Crippen molar-refractivity contribution in [3.63, 3.8) is 0 Å². The number of aliphatic hydroxyl groups excluding tert-OH is 3. The van der Waals surface area contributed by atoms with Crippen LogP contribution >= 0.6 is 0 Å². The Morgan fingerprint density at radius 3 is 2.41 bits per heavy atom. The van der Waals surface area contributed by atoms with E-state index in [-0.39, 0.29) is 51.0 Å². The second kappa shape index (κ2) is 10.5. The summed E-state index contributed by atoms with van der Waals surface area (Å²) in [5.74, 6) is 0.834. The molecule has 8 heteroatoms. The molecular formula is C36H58O8. The molecule has 44 heavy (non-hydrogen) atoms. The summed E-state index contributed by atoms with van der Waals surface area (Å²) in [6.07, 6.45) is 7.35. The van der Waals surface area contributed by atoms with Crippen LogP contribution in [0.25, 0.3) is 0 Å². The van der Waals surface area contributed by atoms with Crippen molar-refractivity contribution in [3.05, 3.63) is 11.6 Å². The van der Waals surface area contributed by atoms with Gasteiger partial charge in [0.2, 0.25) is 0 Å². The van der Waals surface area contributed by atoms with Gasteiger partial charge >= 0.3 is 5.97 Å². The molecule has 1 aliphatic heterocycles. The van der Waals surface area contributed by atoms with Crippen LogP contribution in [0.1, 0.15) is 106 Å². The van der Waals surface area contributed by atoms with Crippen molar-refractivity contribution in [3.8, 4) is 0 Å². The van der Waals surface area contributed by atoms with Gasteiger partial charge in [0.1, 0.15) is 17.8 Å². The van der Waals surface area contributed by atoms with Gasteiger partial charge in [-0.25, -0.2) is 4.79 Å². The van der Waals surface area contributed by atoms with Crippen LogP contribution in [0.5, 0.6) is 0 Å². The van der Waals surface area contributed by atoms with Crippen LogP contribution in [0.15, 0.2) is 11.6 Å². The fourth-order valence-corrected chi connectivity index (χ4v) is 12.9. The summed E-state index contributed by atoms with van der Waals surface area (Å²) in [7, 11) is 1.66. The van der Waals surface area contributed by atoms with Gasteiger partial charge in [-0.3, -0.25) is 0 Å². The summed E-state index contributed by atoms with van der Waals surface area (Å²) in [6, 6.07) is 0. The molecule has 0 bridgehead atoms. The van der Waals surface area contributed by atoms with E-state index in [1.807, 2.05) is 13.8 Å². The normalized spacial score (nSPS) is 50.7. The number of hydrogen-bond acceptors (Lipinski definition) is 8. The first kappa shape index (κ1) is 32.9. The molecule has 0 radical (unpaired) electrons. The number of ether oxygens (including phenoxy) is 3. The van der Waals surface area contributed by atoms with Crippen molar-refractivity contribution in [1.29, 1.82) is 0 Å². The molecule has 6 aliphatic rings. The summed E-state index contributed by atoms with van der Waals surface area (Å²) in [6.45, 7) is 14.1. The van der Waals surface area contributed by atoms with Crippen LogP contribution in [0, 0.1) is 50.7 Å². The van der Waals surface area contributed by atoms with Crippen LogP contribution in [-0.2, 0) is 19.0 Å². The lowest BCUT2D eigenvalue weighted by atomic mass is 9.37. The number of hydrogen-bond donors (Lipinski definition) is 4. The van der Waals surface area contributed by atoms with Crippen molar-refractivity contribution >= 4 is 5.97 Å². The molecule has 4 N–H and O–H groups in total. The third kappa shape index (κ3) is 4.26. The maximum atomic E-state index is 12.7. The van der Waals surface area contributed by atoms with Gasteiger partial charge < -0.3 is 34.6 Å². The van der Waals surface area contributed by atoms with E-state index in [0.717, 1.165) is 56.9 Å². The Morgan fingerprint density at radius 1 is 1.07 bits per heavy atom. The average molecular weight is 619 g/mol. The van der Waals surface area contributed by atoms with Gasteiger partial charge in [-0.15, -0.1) is 0 Å². The summed E-state index contributed by atoms with van der Waals surface area (Å²) < 4.78 is 18.2. The third-order valence-corrected chi connectivity index (χ3v) is 15.0. The van der Waals surface area contributed by atoms with Gasteiger partial charge in [0.05, 0.1) is 18.8 Å². The van der Waals surface area contributed by atoms with E-state index in [4.69, 9.17) is 14.2 Å². The zero-order chi connectivity index (χ0) is 32.3. The Balaban J connectivity index is 1.26. The largest absolute Gasteiger partial charge is 0.459 e. The second-order valence-corrected chi connectivity index (χ2v) is 17.4. The molecule has 0 aromatic carbocycles. The number of allylic oxidation sites excluding steroid dienone is 1. The molecule has 14 atom stereocenters. The quantitative estimate of drug-likeness (QED) is 0.238. The molecule has 0 amide bonds. The molecule has 6 rings (SSSR count). The highest BCUT2D eigenvalue weighted by atomic mass is 16.7. The minimum atomic E-state index is -1.64. The molecule has 14 unspecified atom stereocenters. The van der Waals surface area contributed by atoms with Crippen LogP contribution in [0.2, 0.25) is 0 Å². The number of rotatable bonds is 7. The maximum Gasteiger partial charge on any atom is 0.330 e. The van der Waals surface area contributed by atoms with E-state index in [1.54, 1.807) is 13.2 Å². The summed E-state index contributed by atoms with van der Waals surface area (Å²) in [4.78, 5) is 12.7. The number of fused-ring (bicyclic) bond motifs is 3. The smallest absolute Gasteiger partial charge is 0.330 e. The van der Waals surface area contributed by atoms with E-state index < -0.39 is 36.8 Å². The maximum absolute atomic E-state index is 12.7. The molecular weight excluding hydrogens is 560 g/mol. The Morgan fingerprint density at radius 2 is 1.77 bits per heavy atom.